The Labute approximate surface area is 339 Å². The number of para-hydroxylation sites is 2. The minimum atomic E-state index is -3.80. The molecule has 0 bridgehead atoms. The Kier molecular flexibility index (Phi) is 16.5. The molecule has 0 aliphatic rings. The molecule has 0 saturated heterocycles. The molecule has 57 heavy (non-hydrogen) atoms. The number of carbonyl (C=O) groups excluding carboxylic acids is 1. The van der Waals surface area contributed by atoms with Gasteiger partial charge in [-0.15, -0.1) is 11.5 Å². The van der Waals surface area contributed by atoms with Crippen molar-refractivity contribution >= 4 is 61.7 Å². The van der Waals surface area contributed by atoms with Gasteiger partial charge in [0.1, 0.15) is 0 Å². The van der Waals surface area contributed by atoms with Gasteiger partial charge in [-0.1, -0.05) is 48.5 Å². The van der Waals surface area contributed by atoms with Crippen LogP contribution in [0, 0.1) is 13.8 Å². The van der Waals surface area contributed by atoms with Gasteiger partial charge in [-0.25, -0.2) is 46.2 Å². The molecule has 6 aromatic rings. The number of aliphatic carboxylic acids is 1. The fourth-order valence-corrected chi connectivity index (χ4v) is 6.14. The third-order valence-corrected chi connectivity index (χ3v) is 9.57. The van der Waals surface area contributed by atoms with Crippen molar-refractivity contribution in [1.82, 2.24) is 19.9 Å². The number of rotatable bonds is 10. The van der Waals surface area contributed by atoms with Gasteiger partial charge in [-0.05, 0) is 92.6 Å². The fourth-order valence-electron chi connectivity index (χ4n) is 4.24. The molecule has 0 saturated carbocycles. The molecule has 6 rings (SSSR count). The van der Waals surface area contributed by atoms with E-state index in [1.807, 2.05) is 0 Å². The summed E-state index contributed by atoms with van der Waals surface area (Å²) in [5.41, 5.74) is 3.28. The minimum absolute atomic E-state index is 0. The molecule has 19 heteroatoms. The second-order valence-corrected chi connectivity index (χ2v) is 14.7. The van der Waals surface area contributed by atoms with Crippen molar-refractivity contribution in [1.29, 1.82) is 0 Å². The topological polar surface area (TPSA) is 255 Å². The third kappa shape index (κ3) is 14.6. The number of carbonyl (C=O) groups is 1. The Bertz CT molecular complexity index is 2380. The molecule has 0 amide bonds. The predicted octanol–water partition coefficient (Wildman–Crippen LogP) is 3.57. The second-order valence-electron chi connectivity index (χ2n) is 11.3. The molecule has 0 unspecified atom stereocenters. The number of anilines is 2. The molecule has 0 spiro atoms. The number of carboxylic acid groups (broad SMARTS) is 1. The van der Waals surface area contributed by atoms with E-state index in [1.54, 1.807) is 86.6 Å². The monoisotopic (exact) mass is 852 g/mol. The molecule has 0 aliphatic carbocycles. The van der Waals surface area contributed by atoms with E-state index in [1.165, 1.54) is 61.2 Å². The SMILES string of the molecule is CC(=O)[O-].Cc1ccnc(NS(=O)(=O)c2ccc(N=Cc3ccccc3[O-])cc2)n1.Cc1ccnc(NS(=O)(=O)c2ccc(N=Cc3ccccc3[O-])cc2)n1.[Co+2]. The van der Waals surface area contributed by atoms with E-state index < -0.39 is 26.0 Å². The van der Waals surface area contributed by atoms with Gasteiger partial charge in [0.25, 0.3) is 20.0 Å². The maximum atomic E-state index is 12.4. The molecule has 1 radical (unpaired) electrons. The number of sulfonamides is 2. The summed E-state index contributed by atoms with van der Waals surface area (Å²) in [6, 6.07) is 28.3. The van der Waals surface area contributed by atoms with Gasteiger partial charge in [-0.2, -0.15) is 0 Å². The number of aryl methyl sites for hydroxylation is 2. The van der Waals surface area contributed by atoms with Gasteiger partial charge in [0, 0.05) is 42.2 Å². The fraction of sp³-hybridized carbons (Fsp3) is 0.0789. The zero-order chi connectivity index (χ0) is 40.7. The van der Waals surface area contributed by atoms with E-state index in [9.17, 15) is 27.0 Å². The normalized spacial score (nSPS) is 11.0. The average Bonchev–Trinajstić information content (AvgIpc) is 3.14. The minimum Gasteiger partial charge on any atom is -0.872 e. The Morgan fingerprint density at radius 3 is 1.25 bits per heavy atom. The molecule has 0 aliphatic heterocycles. The quantitative estimate of drug-likeness (QED) is 0.188. The molecule has 295 valence electrons. The van der Waals surface area contributed by atoms with Gasteiger partial charge in [0.05, 0.1) is 21.2 Å². The maximum Gasteiger partial charge on any atom is 2.00 e. The maximum absolute atomic E-state index is 12.4. The number of aromatic nitrogens is 4. The van der Waals surface area contributed by atoms with Crippen LogP contribution >= 0.6 is 0 Å². The zero-order valence-corrected chi connectivity index (χ0v) is 33.0. The first-order chi connectivity index (χ1) is 26.6. The number of nitrogens with zero attached hydrogens (tertiary/aromatic N) is 6. The van der Waals surface area contributed by atoms with Crippen molar-refractivity contribution in [3.05, 3.63) is 144 Å². The third-order valence-electron chi connectivity index (χ3n) is 6.88. The molecular formula is C38H33CoN8O8S2-. The smallest absolute Gasteiger partial charge is 0.872 e. The van der Waals surface area contributed by atoms with Gasteiger partial charge in [0.2, 0.25) is 11.9 Å². The van der Waals surface area contributed by atoms with Gasteiger partial charge < -0.3 is 20.1 Å². The molecule has 2 N–H and O–H groups in total. The van der Waals surface area contributed by atoms with Gasteiger partial charge in [-0.3, -0.25) is 9.98 Å². The predicted molar refractivity (Wildman–Crippen MR) is 205 cm³/mol. The van der Waals surface area contributed by atoms with Crippen LogP contribution in [0.25, 0.3) is 0 Å². The Morgan fingerprint density at radius 2 is 0.930 bits per heavy atom. The summed E-state index contributed by atoms with van der Waals surface area (Å²) < 4.78 is 54.2. The summed E-state index contributed by atoms with van der Waals surface area (Å²) in [4.78, 5) is 33.2. The number of hydrogen-bond acceptors (Lipinski definition) is 14. The summed E-state index contributed by atoms with van der Waals surface area (Å²) in [6.45, 7) is 4.46. The Morgan fingerprint density at radius 1 is 0.596 bits per heavy atom. The van der Waals surface area contributed by atoms with Crippen LogP contribution < -0.4 is 24.8 Å². The number of hydrogen-bond donors (Lipinski definition) is 2. The van der Waals surface area contributed by atoms with Crippen molar-refractivity contribution in [3.8, 4) is 11.5 Å². The van der Waals surface area contributed by atoms with Crippen LogP contribution in [-0.2, 0) is 41.6 Å². The summed E-state index contributed by atoms with van der Waals surface area (Å²) in [5, 5.41) is 32.2. The first-order valence-corrected chi connectivity index (χ1v) is 19.2. The molecule has 16 nitrogen and oxygen atoms in total. The van der Waals surface area contributed by atoms with E-state index in [0.29, 0.717) is 33.9 Å². The van der Waals surface area contributed by atoms with E-state index in [-0.39, 0.29) is 50.0 Å². The van der Waals surface area contributed by atoms with Crippen LogP contribution in [0.4, 0.5) is 23.3 Å². The number of aliphatic imine (C=N–C) groups is 2. The molecule has 0 fully saturated rings. The molecule has 4 aromatic carbocycles. The van der Waals surface area contributed by atoms with Crippen molar-refractivity contribution in [2.45, 2.75) is 30.6 Å². The Balaban J connectivity index is 0.000000275. The summed E-state index contributed by atoms with van der Waals surface area (Å²) in [5.74, 6) is -1.31. The van der Waals surface area contributed by atoms with Crippen LogP contribution in [0.3, 0.4) is 0 Å². The standard InChI is InChI=1S/2C18H16N4O3S.C2H4O2.Co/c2*1-13-10-11-19-18(21-13)22-26(24,25)16-8-6-15(7-9-16)20-12-14-4-2-3-5-17(14)23;1-2(3)4;/h2*2-12,23H,1H3,(H,19,21,22);1H3,(H,3,4);/q;;;+2/p-3. The number of nitrogens with one attached hydrogen (secondary N) is 2. The van der Waals surface area contributed by atoms with Gasteiger partial charge in [0.15, 0.2) is 0 Å². The van der Waals surface area contributed by atoms with Crippen LogP contribution in [0.1, 0.15) is 29.4 Å². The molecule has 2 heterocycles. The second kappa shape index (κ2) is 20.9. The number of carboxylic acids is 1. The van der Waals surface area contributed by atoms with Crippen molar-refractivity contribution in [2.24, 2.45) is 9.98 Å². The first-order valence-electron chi connectivity index (χ1n) is 16.2. The Hall–Kier alpha value is -6.54. The van der Waals surface area contributed by atoms with Crippen molar-refractivity contribution < 1.29 is 53.7 Å². The number of benzene rings is 4. The largest absolute Gasteiger partial charge is 2.00 e. The van der Waals surface area contributed by atoms with Crippen molar-refractivity contribution in [2.75, 3.05) is 9.44 Å². The van der Waals surface area contributed by atoms with Gasteiger partial charge >= 0.3 is 16.8 Å². The summed E-state index contributed by atoms with van der Waals surface area (Å²) >= 11 is 0. The van der Waals surface area contributed by atoms with Crippen LogP contribution in [0.15, 0.2) is 141 Å². The molecule has 2 aromatic heterocycles. The van der Waals surface area contributed by atoms with Crippen LogP contribution in [0.5, 0.6) is 11.5 Å². The van der Waals surface area contributed by atoms with E-state index in [4.69, 9.17) is 9.90 Å². The van der Waals surface area contributed by atoms with E-state index in [0.717, 1.165) is 6.92 Å². The van der Waals surface area contributed by atoms with E-state index in [2.05, 4.69) is 39.4 Å². The summed E-state index contributed by atoms with van der Waals surface area (Å²) in [6.07, 6.45) is 5.85. The first kappa shape index (κ1) is 44.9. The van der Waals surface area contributed by atoms with Crippen LogP contribution in [0.2, 0.25) is 0 Å². The molecular weight excluding hydrogens is 820 g/mol. The van der Waals surface area contributed by atoms with E-state index >= 15 is 0 Å². The van der Waals surface area contributed by atoms with Crippen LogP contribution in [-0.4, -0.2) is 55.2 Å². The molecule has 0 atom stereocenters. The average molecular weight is 853 g/mol. The zero-order valence-electron chi connectivity index (χ0n) is 30.3. The van der Waals surface area contributed by atoms with Crippen molar-refractivity contribution in [3.63, 3.8) is 0 Å². The summed E-state index contributed by atoms with van der Waals surface area (Å²) in [7, 11) is -7.60.